The summed E-state index contributed by atoms with van der Waals surface area (Å²) in [6, 6.07) is 5.77. The Balaban J connectivity index is 1.80. The van der Waals surface area contributed by atoms with E-state index < -0.39 is 0 Å². The summed E-state index contributed by atoms with van der Waals surface area (Å²) in [5.74, 6) is 1.52. The summed E-state index contributed by atoms with van der Waals surface area (Å²) in [5.41, 5.74) is 2.32. The number of rotatable bonds is 4. The van der Waals surface area contributed by atoms with Crippen LogP contribution in [-0.4, -0.2) is 12.6 Å². The second-order valence-corrected chi connectivity index (χ2v) is 6.28. The van der Waals surface area contributed by atoms with Gasteiger partial charge in [0.15, 0.2) is 0 Å². The summed E-state index contributed by atoms with van der Waals surface area (Å²) in [4.78, 5) is 0. The highest BCUT2D eigenvalue weighted by molar-refractivity contribution is 5.26. The molecule has 1 aromatic rings. The molecule has 2 heteroatoms. The summed E-state index contributed by atoms with van der Waals surface area (Å²) in [6.07, 6.45) is 4.97. The maximum absolute atomic E-state index is 13.0. The zero-order valence-corrected chi connectivity index (χ0v) is 12.4. The molecule has 0 saturated heterocycles. The molecule has 0 spiro atoms. The van der Waals surface area contributed by atoms with Crippen molar-refractivity contribution in [2.45, 2.75) is 52.5 Å². The Morgan fingerprint density at radius 3 is 2.74 bits per heavy atom. The van der Waals surface area contributed by atoms with Gasteiger partial charge in [0.25, 0.3) is 0 Å². The van der Waals surface area contributed by atoms with E-state index in [-0.39, 0.29) is 5.82 Å². The predicted octanol–water partition coefficient (Wildman–Crippen LogP) is 4.09. The van der Waals surface area contributed by atoms with E-state index in [0.717, 1.165) is 30.4 Å². The van der Waals surface area contributed by atoms with Crippen molar-refractivity contribution in [1.82, 2.24) is 5.32 Å². The molecule has 1 N–H and O–H groups in total. The normalized spacial score (nSPS) is 27.5. The standard InChI is InChI=1S/C17H26FN/c1-12-4-7-17(14(3)10-12)19-9-8-15-5-6-16(18)11-13(15)2/h5-6,11-12,14,17,19H,4,7-10H2,1-3H3. The number of hydrogen-bond acceptors (Lipinski definition) is 1. The molecule has 0 bridgehead atoms. The predicted molar refractivity (Wildman–Crippen MR) is 78.8 cm³/mol. The third-order valence-electron chi connectivity index (χ3n) is 4.54. The molecule has 1 aliphatic carbocycles. The lowest BCUT2D eigenvalue weighted by molar-refractivity contribution is 0.229. The lowest BCUT2D eigenvalue weighted by Gasteiger charge is -2.33. The van der Waals surface area contributed by atoms with Crippen molar-refractivity contribution >= 4 is 0 Å². The third-order valence-corrected chi connectivity index (χ3v) is 4.54. The largest absolute Gasteiger partial charge is 0.313 e. The van der Waals surface area contributed by atoms with Crippen molar-refractivity contribution < 1.29 is 4.39 Å². The van der Waals surface area contributed by atoms with Crippen LogP contribution in [0, 0.1) is 24.6 Å². The van der Waals surface area contributed by atoms with Gasteiger partial charge in [-0.15, -0.1) is 0 Å². The van der Waals surface area contributed by atoms with Gasteiger partial charge in [-0.25, -0.2) is 4.39 Å². The van der Waals surface area contributed by atoms with Crippen LogP contribution in [-0.2, 0) is 6.42 Å². The van der Waals surface area contributed by atoms with Crippen LogP contribution in [0.1, 0.15) is 44.2 Å². The van der Waals surface area contributed by atoms with Gasteiger partial charge in [-0.3, -0.25) is 0 Å². The fourth-order valence-electron chi connectivity index (χ4n) is 3.30. The number of nitrogens with one attached hydrogen (secondary N) is 1. The zero-order chi connectivity index (χ0) is 13.8. The molecule has 1 saturated carbocycles. The fraction of sp³-hybridized carbons (Fsp3) is 0.647. The molecule has 0 radical (unpaired) electrons. The fourth-order valence-corrected chi connectivity index (χ4v) is 3.30. The van der Waals surface area contributed by atoms with Crippen LogP contribution in [0.3, 0.4) is 0 Å². The minimum Gasteiger partial charge on any atom is -0.313 e. The van der Waals surface area contributed by atoms with Gasteiger partial charge < -0.3 is 5.32 Å². The van der Waals surface area contributed by atoms with Gasteiger partial charge >= 0.3 is 0 Å². The van der Waals surface area contributed by atoms with E-state index in [1.807, 2.05) is 13.0 Å². The maximum Gasteiger partial charge on any atom is 0.123 e. The molecule has 106 valence electrons. The van der Waals surface area contributed by atoms with Gasteiger partial charge in [0.1, 0.15) is 5.82 Å². The summed E-state index contributed by atoms with van der Waals surface area (Å²) in [7, 11) is 0. The number of hydrogen-bond donors (Lipinski definition) is 1. The van der Waals surface area contributed by atoms with Gasteiger partial charge in [0.05, 0.1) is 0 Å². The first-order valence-corrected chi connectivity index (χ1v) is 7.54. The molecule has 19 heavy (non-hydrogen) atoms. The Kier molecular flexibility index (Phi) is 4.98. The van der Waals surface area contributed by atoms with Crippen molar-refractivity contribution in [3.8, 4) is 0 Å². The third kappa shape index (κ3) is 4.04. The zero-order valence-electron chi connectivity index (χ0n) is 12.4. The maximum atomic E-state index is 13.0. The lowest BCUT2D eigenvalue weighted by atomic mass is 9.80. The van der Waals surface area contributed by atoms with Crippen LogP contribution in [0.2, 0.25) is 0 Å². The van der Waals surface area contributed by atoms with E-state index >= 15 is 0 Å². The van der Waals surface area contributed by atoms with Crippen LogP contribution < -0.4 is 5.32 Å². The monoisotopic (exact) mass is 263 g/mol. The van der Waals surface area contributed by atoms with Crippen molar-refractivity contribution in [2.75, 3.05) is 6.54 Å². The van der Waals surface area contributed by atoms with Gasteiger partial charge in [-0.1, -0.05) is 19.9 Å². The van der Waals surface area contributed by atoms with Crippen LogP contribution in [0.5, 0.6) is 0 Å². The SMILES string of the molecule is Cc1cc(F)ccc1CCNC1CCC(C)CC1C. The molecular formula is C17H26FN. The molecule has 0 heterocycles. The van der Waals surface area contributed by atoms with E-state index in [0.29, 0.717) is 6.04 Å². The van der Waals surface area contributed by atoms with Gasteiger partial charge in [-0.2, -0.15) is 0 Å². The van der Waals surface area contributed by atoms with Gasteiger partial charge in [-0.05, 0) is 74.2 Å². The highest BCUT2D eigenvalue weighted by Gasteiger charge is 2.24. The smallest absolute Gasteiger partial charge is 0.123 e. The van der Waals surface area contributed by atoms with Crippen molar-refractivity contribution in [3.63, 3.8) is 0 Å². The van der Waals surface area contributed by atoms with Crippen molar-refractivity contribution in [3.05, 3.63) is 35.1 Å². The van der Waals surface area contributed by atoms with E-state index in [4.69, 9.17) is 0 Å². The van der Waals surface area contributed by atoms with E-state index in [1.54, 1.807) is 12.1 Å². The topological polar surface area (TPSA) is 12.0 Å². The van der Waals surface area contributed by atoms with Crippen LogP contribution >= 0.6 is 0 Å². The summed E-state index contributed by atoms with van der Waals surface area (Å²) in [5, 5.41) is 3.69. The lowest BCUT2D eigenvalue weighted by Crippen LogP contribution is -2.40. The summed E-state index contributed by atoms with van der Waals surface area (Å²) >= 11 is 0. The quantitative estimate of drug-likeness (QED) is 0.862. The van der Waals surface area contributed by atoms with Crippen molar-refractivity contribution in [1.29, 1.82) is 0 Å². The molecular weight excluding hydrogens is 237 g/mol. The van der Waals surface area contributed by atoms with Crippen LogP contribution in [0.15, 0.2) is 18.2 Å². The Morgan fingerprint density at radius 2 is 2.05 bits per heavy atom. The first-order valence-electron chi connectivity index (χ1n) is 7.54. The van der Waals surface area contributed by atoms with Crippen LogP contribution in [0.25, 0.3) is 0 Å². The second-order valence-electron chi connectivity index (χ2n) is 6.28. The van der Waals surface area contributed by atoms with E-state index in [2.05, 4.69) is 19.2 Å². The summed E-state index contributed by atoms with van der Waals surface area (Å²) in [6.45, 7) is 7.70. The molecule has 1 fully saturated rings. The Morgan fingerprint density at radius 1 is 1.26 bits per heavy atom. The molecule has 3 atom stereocenters. The number of benzene rings is 1. The first kappa shape index (κ1) is 14.5. The highest BCUT2D eigenvalue weighted by Crippen LogP contribution is 2.28. The minimum absolute atomic E-state index is 0.135. The van der Waals surface area contributed by atoms with E-state index in [9.17, 15) is 4.39 Å². The van der Waals surface area contributed by atoms with Gasteiger partial charge in [0, 0.05) is 6.04 Å². The molecule has 0 aromatic heterocycles. The molecule has 2 rings (SSSR count). The molecule has 1 nitrogen and oxygen atoms in total. The molecule has 1 aromatic carbocycles. The van der Waals surface area contributed by atoms with Crippen molar-refractivity contribution in [2.24, 2.45) is 11.8 Å². The molecule has 0 aliphatic heterocycles. The molecule has 1 aliphatic rings. The second kappa shape index (κ2) is 6.51. The number of halogens is 1. The molecule has 3 unspecified atom stereocenters. The Hall–Kier alpha value is -0.890. The van der Waals surface area contributed by atoms with Gasteiger partial charge in [0.2, 0.25) is 0 Å². The average molecular weight is 263 g/mol. The summed E-state index contributed by atoms with van der Waals surface area (Å²) < 4.78 is 13.0. The average Bonchev–Trinajstić information content (AvgIpc) is 2.34. The highest BCUT2D eigenvalue weighted by atomic mass is 19.1. The van der Waals surface area contributed by atoms with Crippen LogP contribution in [0.4, 0.5) is 4.39 Å². The Bertz CT molecular complexity index is 416. The van der Waals surface area contributed by atoms with E-state index in [1.165, 1.54) is 24.8 Å². The first-order chi connectivity index (χ1) is 9.06. The molecule has 0 amide bonds. The Labute approximate surface area is 116 Å². The minimum atomic E-state index is -0.135. The number of aryl methyl sites for hydroxylation is 1.